The van der Waals surface area contributed by atoms with Crippen molar-refractivity contribution in [2.75, 3.05) is 14.1 Å². The van der Waals surface area contributed by atoms with Gasteiger partial charge in [-0.1, -0.05) is 13.8 Å². The van der Waals surface area contributed by atoms with E-state index in [2.05, 4.69) is 19.2 Å². The number of hydrogen-bond donors (Lipinski definition) is 1. The lowest BCUT2D eigenvalue weighted by Crippen LogP contribution is -2.48. The molecule has 2 atom stereocenters. The highest BCUT2D eigenvalue weighted by molar-refractivity contribution is 5.78. The largest absolute Gasteiger partial charge is 0.341 e. The zero-order valence-corrected chi connectivity index (χ0v) is 9.00. The number of likely N-dealkylation sites (tertiary alicyclic amines) is 1. The summed E-state index contributed by atoms with van der Waals surface area (Å²) in [5.41, 5.74) is 0. The quantitative estimate of drug-likeness (QED) is 0.705. The van der Waals surface area contributed by atoms with Gasteiger partial charge in [0.05, 0.1) is 0 Å². The van der Waals surface area contributed by atoms with Crippen LogP contribution >= 0.6 is 0 Å². The Morgan fingerprint density at radius 3 is 2.46 bits per heavy atom. The zero-order chi connectivity index (χ0) is 10.0. The van der Waals surface area contributed by atoms with Gasteiger partial charge in [0.15, 0.2) is 0 Å². The van der Waals surface area contributed by atoms with Crippen molar-refractivity contribution < 1.29 is 4.79 Å². The van der Waals surface area contributed by atoms with E-state index in [9.17, 15) is 4.79 Å². The summed E-state index contributed by atoms with van der Waals surface area (Å²) in [5, 5.41) is 3.30. The second-order valence-electron chi connectivity index (χ2n) is 4.17. The van der Waals surface area contributed by atoms with Crippen LogP contribution in [-0.4, -0.2) is 37.0 Å². The number of likely N-dealkylation sites (N-methyl/N-ethyl adjacent to an activating group) is 2. The third-order valence-electron chi connectivity index (χ3n) is 3.01. The second-order valence-corrected chi connectivity index (χ2v) is 4.17. The van der Waals surface area contributed by atoms with Crippen LogP contribution in [0, 0.1) is 5.92 Å². The number of carbonyl (C=O) groups is 1. The van der Waals surface area contributed by atoms with Crippen molar-refractivity contribution >= 4 is 5.91 Å². The Balaban J connectivity index is 2.65. The summed E-state index contributed by atoms with van der Waals surface area (Å²) in [5.74, 6) is 0.856. The monoisotopic (exact) mass is 184 g/mol. The molecule has 0 aliphatic carbocycles. The summed E-state index contributed by atoms with van der Waals surface area (Å²) in [6.45, 7) is 4.38. The van der Waals surface area contributed by atoms with E-state index in [-0.39, 0.29) is 5.91 Å². The Morgan fingerprint density at radius 2 is 2.15 bits per heavy atom. The lowest BCUT2D eigenvalue weighted by atomic mass is 9.95. The van der Waals surface area contributed by atoms with Gasteiger partial charge < -0.3 is 10.2 Å². The number of nitrogens with one attached hydrogen (secondary N) is 1. The highest BCUT2D eigenvalue weighted by Gasteiger charge is 2.34. The van der Waals surface area contributed by atoms with E-state index in [0.717, 1.165) is 6.42 Å². The fourth-order valence-corrected chi connectivity index (χ4v) is 2.22. The smallest absolute Gasteiger partial charge is 0.222 e. The van der Waals surface area contributed by atoms with E-state index in [1.165, 1.54) is 0 Å². The molecule has 1 fully saturated rings. The summed E-state index contributed by atoms with van der Waals surface area (Å²) in [7, 11) is 3.88. The predicted molar refractivity (Wildman–Crippen MR) is 53.5 cm³/mol. The van der Waals surface area contributed by atoms with Crippen LogP contribution in [0.1, 0.15) is 26.7 Å². The number of nitrogens with zero attached hydrogens (tertiary/aromatic N) is 1. The first-order valence-corrected chi connectivity index (χ1v) is 5.00. The fourth-order valence-electron chi connectivity index (χ4n) is 2.22. The standard InChI is InChI=1S/C10H20N2O/c1-7(2)10(11-3)8-5-6-9(13)12(8)4/h7-8,10-11H,5-6H2,1-4H3. The third-order valence-corrected chi connectivity index (χ3v) is 3.01. The molecule has 1 rings (SSSR count). The first-order chi connectivity index (χ1) is 6.07. The molecule has 1 aliphatic heterocycles. The summed E-state index contributed by atoms with van der Waals surface area (Å²) >= 11 is 0. The van der Waals surface area contributed by atoms with Crippen LogP contribution in [-0.2, 0) is 4.79 Å². The number of hydrogen-bond acceptors (Lipinski definition) is 2. The van der Waals surface area contributed by atoms with Crippen molar-refractivity contribution in [1.82, 2.24) is 10.2 Å². The lowest BCUT2D eigenvalue weighted by Gasteiger charge is -2.31. The number of carbonyl (C=O) groups excluding carboxylic acids is 1. The zero-order valence-electron chi connectivity index (χ0n) is 9.00. The van der Waals surface area contributed by atoms with E-state index in [0.29, 0.717) is 24.4 Å². The van der Waals surface area contributed by atoms with Crippen LogP contribution in [0.15, 0.2) is 0 Å². The van der Waals surface area contributed by atoms with Crippen LogP contribution in [0.5, 0.6) is 0 Å². The minimum absolute atomic E-state index is 0.283. The van der Waals surface area contributed by atoms with Crippen LogP contribution in [0.4, 0.5) is 0 Å². The first kappa shape index (κ1) is 10.5. The molecule has 2 unspecified atom stereocenters. The molecule has 1 N–H and O–H groups in total. The second kappa shape index (κ2) is 4.09. The van der Waals surface area contributed by atoms with Gasteiger partial charge in [0.1, 0.15) is 0 Å². The van der Waals surface area contributed by atoms with Crippen LogP contribution in [0.25, 0.3) is 0 Å². The topological polar surface area (TPSA) is 32.3 Å². The summed E-state index contributed by atoms with van der Waals surface area (Å²) in [6.07, 6.45) is 1.71. The van der Waals surface area contributed by atoms with E-state index in [1.54, 1.807) is 0 Å². The molecule has 0 radical (unpaired) electrons. The summed E-state index contributed by atoms with van der Waals surface area (Å²) in [6, 6.07) is 0.814. The van der Waals surface area contributed by atoms with Gasteiger partial charge in [0.2, 0.25) is 5.91 Å². The van der Waals surface area contributed by atoms with Crippen LogP contribution in [0.2, 0.25) is 0 Å². The van der Waals surface area contributed by atoms with Crippen molar-refractivity contribution in [3.63, 3.8) is 0 Å². The SMILES string of the molecule is CNC(C(C)C)C1CCC(=O)N1C. The molecule has 1 saturated heterocycles. The maximum atomic E-state index is 11.3. The van der Waals surface area contributed by atoms with E-state index >= 15 is 0 Å². The summed E-state index contributed by atoms with van der Waals surface area (Å²) in [4.78, 5) is 13.2. The van der Waals surface area contributed by atoms with Crippen molar-refractivity contribution in [2.24, 2.45) is 5.92 Å². The van der Waals surface area contributed by atoms with E-state index in [1.807, 2.05) is 19.0 Å². The van der Waals surface area contributed by atoms with Crippen LogP contribution < -0.4 is 5.32 Å². The fraction of sp³-hybridized carbons (Fsp3) is 0.900. The van der Waals surface area contributed by atoms with E-state index < -0.39 is 0 Å². The van der Waals surface area contributed by atoms with E-state index in [4.69, 9.17) is 0 Å². The molecule has 13 heavy (non-hydrogen) atoms. The Labute approximate surface area is 80.5 Å². The highest BCUT2D eigenvalue weighted by atomic mass is 16.2. The highest BCUT2D eigenvalue weighted by Crippen LogP contribution is 2.22. The van der Waals surface area contributed by atoms with Gasteiger partial charge in [-0.05, 0) is 19.4 Å². The molecule has 0 bridgehead atoms. The van der Waals surface area contributed by atoms with Gasteiger partial charge in [0.25, 0.3) is 0 Å². The molecule has 76 valence electrons. The Hall–Kier alpha value is -0.570. The molecule has 3 heteroatoms. The predicted octanol–water partition coefficient (Wildman–Crippen LogP) is 0.851. The van der Waals surface area contributed by atoms with Crippen molar-refractivity contribution in [3.8, 4) is 0 Å². The van der Waals surface area contributed by atoms with Crippen molar-refractivity contribution in [3.05, 3.63) is 0 Å². The van der Waals surface area contributed by atoms with Gasteiger partial charge in [-0.2, -0.15) is 0 Å². The number of amides is 1. The summed E-state index contributed by atoms with van der Waals surface area (Å²) < 4.78 is 0. The minimum Gasteiger partial charge on any atom is -0.341 e. The third kappa shape index (κ3) is 2.02. The molecular weight excluding hydrogens is 164 g/mol. The minimum atomic E-state index is 0.283. The van der Waals surface area contributed by atoms with Gasteiger partial charge >= 0.3 is 0 Å². The van der Waals surface area contributed by atoms with Gasteiger partial charge in [-0.15, -0.1) is 0 Å². The Kier molecular flexibility index (Phi) is 3.31. The lowest BCUT2D eigenvalue weighted by molar-refractivity contribution is -0.128. The molecule has 0 aromatic heterocycles. The molecular formula is C10H20N2O. The molecule has 1 heterocycles. The average Bonchev–Trinajstić information content (AvgIpc) is 2.37. The molecule has 0 saturated carbocycles. The Bertz CT molecular complexity index is 191. The molecule has 0 aromatic rings. The molecule has 0 spiro atoms. The van der Waals surface area contributed by atoms with Gasteiger partial charge in [-0.3, -0.25) is 4.79 Å². The number of rotatable bonds is 3. The molecule has 1 amide bonds. The Morgan fingerprint density at radius 1 is 1.54 bits per heavy atom. The first-order valence-electron chi connectivity index (χ1n) is 5.00. The molecule has 3 nitrogen and oxygen atoms in total. The van der Waals surface area contributed by atoms with Gasteiger partial charge in [-0.25, -0.2) is 0 Å². The maximum absolute atomic E-state index is 11.3. The molecule has 0 aromatic carbocycles. The van der Waals surface area contributed by atoms with Crippen molar-refractivity contribution in [2.45, 2.75) is 38.8 Å². The van der Waals surface area contributed by atoms with Crippen molar-refractivity contribution in [1.29, 1.82) is 0 Å². The average molecular weight is 184 g/mol. The maximum Gasteiger partial charge on any atom is 0.222 e. The van der Waals surface area contributed by atoms with Gasteiger partial charge in [0, 0.05) is 25.6 Å². The molecule has 1 aliphatic rings. The normalized spacial score (nSPS) is 25.8. The van der Waals surface area contributed by atoms with Crippen LogP contribution in [0.3, 0.4) is 0 Å².